The molecule has 28 heavy (non-hydrogen) atoms. The van der Waals surface area contributed by atoms with Crippen molar-refractivity contribution in [3.63, 3.8) is 0 Å². The summed E-state index contributed by atoms with van der Waals surface area (Å²) in [6.07, 6.45) is 1.53. The topological polar surface area (TPSA) is 81.8 Å². The minimum atomic E-state index is -0.242. The number of imidazole rings is 1. The summed E-state index contributed by atoms with van der Waals surface area (Å²) in [6, 6.07) is 5.71. The number of thiophene rings is 1. The van der Waals surface area contributed by atoms with Crippen molar-refractivity contribution >= 4 is 44.2 Å². The Morgan fingerprint density at radius 1 is 1.21 bits per heavy atom. The maximum Gasteiger partial charge on any atom is 0.266 e. The van der Waals surface area contributed by atoms with Crippen LogP contribution >= 0.6 is 11.3 Å². The van der Waals surface area contributed by atoms with E-state index in [4.69, 9.17) is 0 Å². The molecule has 0 radical (unpaired) electrons. The number of rotatable bonds is 4. The standard InChI is InChI=1S/C20H21N5O2S/c1-5-24-10-21-19-16(20(24)27)11(3)17(28-19)18(26)23-13-7-8-15-14(9-13)22-12(4)25(15)6-2/h7-10H,5-6H2,1-4H3,(H,23,26). The van der Waals surface area contributed by atoms with Gasteiger partial charge in [-0.25, -0.2) is 9.97 Å². The van der Waals surface area contributed by atoms with Crippen molar-refractivity contribution in [1.82, 2.24) is 19.1 Å². The van der Waals surface area contributed by atoms with Crippen LogP contribution in [0.2, 0.25) is 0 Å². The van der Waals surface area contributed by atoms with Crippen LogP contribution in [0.25, 0.3) is 21.3 Å². The number of benzene rings is 1. The zero-order valence-electron chi connectivity index (χ0n) is 16.2. The maximum absolute atomic E-state index is 12.9. The average Bonchev–Trinajstić information content (AvgIpc) is 3.18. The molecule has 3 aromatic heterocycles. The Morgan fingerprint density at radius 2 is 2.00 bits per heavy atom. The number of nitrogens with zero attached hydrogens (tertiary/aromatic N) is 4. The third-order valence-corrected chi connectivity index (χ3v) is 6.18. The highest BCUT2D eigenvalue weighted by atomic mass is 32.1. The lowest BCUT2D eigenvalue weighted by Gasteiger charge is -2.06. The highest BCUT2D eigenvalue weighted by molar-refractivity contribution is 7.20. The first-order chi connectivity index (χ1) is 13.4. The van der Waals surface area contributed by atoms with Crippen LogP contribution < -0.4 is 10.9 Å². The van der Waals surface area contributed by atoms with E-state index in [0.717, 1.165) is 23.4 Å². The van der Waals surface area contributed by atoms with E-state index in [9.17, 15) is 9.59 Å². The smallest absolute Gasteiger partial charge is 0.266 e. The number of aryl methyl sites for hydroxylation is 4. The quantitative estimate of drug-likeness (QED) is 0.571. The number of carbonyl (C=O) groups excluding carboxylic acids is 1. The number of fused-ring (bicyclic) bond motifs is 2. The zero-order valence-corrected chi connectivity index (χ0v) is 17.1. The van der Waals surface area contributed by atoms with Gasteiger partial charge in [0.15, 0.2) is 0 Å². The SMILES string of the molecule is CCn1cnc2sc(C(=O)Nc3ccc4c(c3)nc(C)n4CC)c(C)c2c1=O. The fourth-order valence-corrected chi connectivity index (χ4v) is 4.55. The largest absolute Gasteiger partial charge is 0.329 e. The normalized spacial score (nSPS) is 11.4. The average molecular weight is 395 g/mol. The van der Waals surface area contributed by atoms with Crippen molar-refractivity contribution in [3.8, 4) is 0 Å². The molecule has 4 rings (SSSR count). The van der Waals surface area contributed by atoms with Crippen LogP contribution in [0.1, 0.15) is 34.9 Å². The Morgan fingerprint density at radius 3 is 2.71 bits per heavy atom. The van der Waals surface area contributed by atoms with Gasteiger partial charge in [-0.2, -0.15) is 0 Å². The molecule has 1 N–H and O–H groups in total. The Kier molecular flexibility index (Phi) is 4.50. The number of aromatic nitrogens is 4. The summed E-state index contributed by atoms with van der Waals surface area (Å²) >= 11 is 1.24. The lowest BCUT2D eigenvalue weighted by molar-refractivity contribution is 0.103. The summed E-state index contributed by atoms with van der Waals surface area (Å²) in [5.74, 6) is 0.702. The van der Waals surface area contributed by atoms with E-state index in [1.807, 2.05) is 32.0 Å². The Hall–Kier alpha value is -3.00. The van der Waals surface area contributed by atoms with E-state index >= 15 is 0 Å². The number of carbonyl (C=O) groups is 1. The van der Waals surface area contributed by atoms with Gasteiger partial charge in [-0.3, -0.25) is 14.2 Å². The van der Waals surface area contributed by atoms with Crippen molar-refractivity contribution in [2.45, 2.75) is 40.8 Å². The molecule has 4 aromatic rings. The molecule has 0 saturated heterocycles. The molecular weight excluding hydrogens is 374 g/mol. The molecule has 1 aromatic carbocycles. The fourth-order valence-electron chi connectivity index (χ4n) is 3.52. The van der Waals surface area contributed by atoms with Gasteiger partial charge in [0, 0.05) is 18.8 Å². The molecule has 3 heterocycles. The molecule has 0 aliphatic rings. The van der Waals surface area contributed by atoms with Gasteiger partial charge < -0.3 is 9.88 Å². The Balaban J connectivity index is 1.71. The van der Waals surface area contributed by atoms with Gasteiger partial charge in [-0.05, 0) is 51.5 Å². The number of amides is 1. The molecule has 144 valence electrons. The number of nitrogens with one attached hydrogen (secondary N) is 1. The van der Waals surface area contributed by atoms with Crippen LogP contribution in [0.15, 0.2) is 29.3 Å². The second-order valence-electron chi connectivity index (χ2n) is 6.63. The van der Waals surface area contributed by atoms with Crippen LogP contribution in [0.4, 0.5) is 5.69 Å². The predicted octanol–water partition coefficient (Wildman–Crippen LogP) is 3.72. The van der Waals surface area contributed by atoms with E-state index in [1.54, 1.807) is 11.5 Å². The second-order valence-corrected chi connectivity index (χ2v) is 7.63. The maximum atomic E-state index is 12.9. The van der Waals surface area contributed by atoms with Crippen LogP contribution in [-0.4, -0.2) is 25.0 Å². The van der Waals surface area contributed by atoms with Gasteiger partial charge in [-0.15, -0.1) is 11.3 Å². The summed E-state index contributed by atoms with van der Waals surface area (Å²) in [7, 11) is 0. The lowest BCUT2D eigenvalue weighted by Crippen LogP contribution is -2.19. The van der Waals surface area contributed by atoms with Crippen LogP contribution in [0, 0.1) is 13.8 Å². The van der Waals surface area contributed by atoms with E-state index in [-0.39, 0.29) is 11.5 Å². The molecule has 0 spiro atoms. The highest BCUT2D eigenvalue weighted by Crippen LogP contribution is 2.28. The molecule has 7 nitrogen and oxygen atoms in total. The monoisotopic (exact) mass is 395 g/mol. The minimum Gasteiger partial charge on any atom is -0.329 e. The van der Waals surface area contributed by atoms with Crippen molar-refractivity contribution in [1.29, 1.82) is 0 Å². The van der Waals surface area contributed by atoms with E-state index < -0.39 is 0 Å². The van der Waals surface area contributed by atoms with E-state index in [0.29, 0.717) is 32.9 Å². The van der Waals surface area contributed by atoms with Gasteiger partial charge in [0.25, 0.3) is 11.5 Å². The molecule has 0 aliphatic heterocycles. The Labute approximate surface area is 165 Å². The third kappa shape index (κ3) is 2.80. The Bertz CT molecular complexity index is 1280. The van der Waals surface area contributed by atoms with E-state index in [1.165, 1.54) is 17.7 Å². The predicted molar refractivity (Wildman–Crippen MR) is 112 cm³/mol. The number of anilines is 1. The summed E-state index contributed by atoms with van der Waals surface area (Å²) in [5.41, 5.74) is 3.12. The summed E-state index contributed by atoms with van der Waals surface area (Å²) in [5, 5.41) is 3.45. The summed E-state index contributed by atoms with van der Waals surface area (Å²) in [4.78, 5) is 35.4. The first kappa shape index (κ1) is 18.4. The van der Waals surface area contributed by atoms with Crippen molar-refractivity contribution < 1.29 is 4.79 Å². The summed E-state index contributed by atoms with van der Waals surface area (Å²) in [6.45, 7) is 9.13. The molecular formula is C20H21N5O2S. The minimum absolute atomic E-state index is 0.109. The zero-order chi connectivity index (χ0) is 20.0. The lowest BCUT2D eigenvalue weighted by atomic mass is 10.2. The van der Waals surface area contributed by atoms with Crippen molar-refractivity contribution in [2.75, 3.05) is 5.32 Å². The first-order valence-electron chi connectivity index (χ1n) is 9.21. The van der Waals surface area contributed by atoms with Gasteiger partial charge in [-0.1, -0.05) is 0 Å². The van der Waals surface area contributed by atoms with Gasteiger partial charge >= 0.3 is 0 Å². The number of hydrogen-bond donors (Lipinski definition) is 1. The molecule has 0 unspecified atom stereocenters. The highest BCUT2D eigenvalue weighted by Gasteiger charge is 2.19. The van der Waals surface area contributed by atoms with Gasteiger partial charge in [0.2, 0.25) is 0 Å². The van der Waals surface area contributed by atoms with Crippen LogP contribution in [0.3, 0.4) is 0 Å². The fraction of sp³-hybridized carbons (Fsp3) is 0.300. The van der Waals surface area contributed by atoms with E-state index in [2.05, 4.69) is 26.8 Å². The van der Waals surface area contributed by atoms with Crippen molar-refractivity contribution in [2.24, 2.45) is 0 Å². The first-order valence-corrected chi connectivity index (χ1v) is 10.0. The molecule has 0 bridgehead atoms. The number of hydrogen-bond acceptors (Lipinski definition) is 5. The molecule has 0 fully saturated rings. The molecule has 0 atom stereocenters. The second kappa shape index (κ2) is 6.87. The third-order valence-electron chi connectivity index (χ3n) is 4.98. The molecule has 0 saturated carbocycles. The van der Waals surface area contributed by atoms with Crippen molar-refractivity contribution in [3.05, 3.63) is 51.1 Å². The molecule has 8 heteroatoms. The van der Waals surface area contributed by atoms with Gasteiger partial charge in [0.05, 0.1) is 27.6 Å². The van der Waals surface area contributed by atoms with Crippen LogP contribution in [0.5, 0.6) is 0 Å². The molecule has 1 amide bonds. The summed E-state index contributed by atoms with van der Waals surface area (Å²) < 4.78 is 3.67. The van der Waals surface area contributed by atoms with Gasteiger partial charge in [0.1, 0.15) is 10.7 Å². The molecule has 0 aliphatic carbocycles. The van der Waals surface area contributed by atoms with Crippen LogP contribution in [-0.2, 0) is 13.1 Å².